The Morgan fingerprint density at radius 3 is 2.30 bits per heavy atom. The summed E-state index contributed by atoms with van der Waals surface area (Å²) in [4.78, 5) is 13.0. The fourth-order valence-corrected chi connectivity index (χ4v) is 4.49. The molecule has 0 aliphatic carbocycles. The smallest absolute Gasteiger partial charge is 0.329 e. The number of benzene rings is 2. The van der Waals surface area contributed by atoms with Crippen molar-refractivity contribution in [1.29, 1.82) is 0 Å². The molecule has 1 fully saturated rings. The van der Waals surface area contributed by atoms with Crippen molar-refractivity contribution in [3.05, 3.63) is 65.7 Å². The lowest BCUT2D eigenvalue weighted by Gasteiger charge is -2.09. The van der Waals surface area contributed by atoms with Gasteiger partial charge in [0.1, 0.15) is 16.5 Å². The second-order valence-electron chi connectivity index (χ2n) is 5.84. The molecule has 0 aromatic heterocycles. The molecule has 1 saturated heterocycles. The van der Waals surface area contributed by atoms with Gasteiger partial charge in [-0.2, -0.15) is 4.31 Å². The van der Waals surface area contributed by atoms with E-state index >= 15 is 0 Å². The van der Waals surface area contributed by atoms with Crippen molar-refractivity contribution in [3.8, 4) is 0 Å². The second kappa shape index (κ2) is 5.91. The number of methoxy groups -OCH3 is 1. The lowest BCUT2D eigenvalue weighted by atomic mass is 10.0. The molecule has 0 saturated carbocycles. The van der Waals surface area contributed by atoms with Crippen LogP contribution in [-0.4, -0.2) is 27.1 Å². The zero-order valence-corrected chi connectivity index (χ0v) is 14.2. The summed E-state index contributed by atoms with van der Waals surface area (Å²) in [6.07, 6.45) is 0. The monoisotopic (exact) mass is 329 g/mol. The zero-order chi connectivity index (χ0) is 16.6. The topological polar surface area (TPSA) is 46.4 Å². The summed E-state index contributed by atoms with van der Waals surface area (Å²) in [5, 5.41) is 0. The van der Waals surface area contributed by atoms with Crippen molar-refractivity contribution < 1.29 is 13.7 Å². The molecule has 1 aliphatic heterocycles. The van der Waals surface area contributed by atoms with Gasteiger partial charge in [0.2, 0.25) is 0 Å². The van der Waals surface area contributed by atoms with E-state index in [1.165, 1.54) is 7.11 Å². The molecule has 1 heterocycles. The zero-order valence-electron chi connectivity index (χ0n) is 13.4. The lowest BCUT2D eigenvalue weighted by Crippen LogP contribution is -2.28. The third kappa shape index (κ3) is 2.60. The Balaban J connectivity index is 1.97. The molecule has 0 N–H and O–H groups in total. The summed E-state index contributed by atoms with van der Waals surface area (Å²) in [6, 6.07) is 16.9. The van der Waals surface area contributed by atoms with Gasteiger partial charge in [0.25, 0.3) is 0 Å². The van der Waals surface area contributed by atoms with Crippen LogP contribution >= 0.6 is 0 Å². The van der Waals surface area contributed by atoms with Gasteiger partial charge >= 0.3 is 5.97 Å². The number of ether oxygens (including phenoxy) is 1. The number of hydrogen-bond acceptors (Lipinski definition) is 3. The van der Waals surface area contributed by atoms with E-state index in [4.69, 9.17) is 4.74 Å². The molecule has 23 heavy (non-hydrogen) atoms. The quantitative estimate of drug-likeness (QED) is 0.640. The minimum Gasteiger partial charge on any atom is -0.468 e. The van der Waals surface area contributed by atoms with Crippen LogP contribution < -0.4 is 0 Å². The fourth-order valence-electron chi connectivity index (χ4n) is 2.90. The predicted octanol–water partition coefficient (Wildman–Crippen LogP) is 3.01. The van der Waals surface area contributed by atoms with Crippen LogP contribution in [0.2, 0.25) is 0 Å². The molecule has 5 heteroatoms. The van der Waals surface area contributed by atoms with Gasteiger partial charge < -0.3 is 4.74 Å². The van der Waals surface area contributed by atoms with Gasteiger partial charge in [0.15, 0.2) is 0 Å². The molecule has 4 atom stereocenters. The van der Waals surface area contributed by atoms with E-state index in [-0.39, 0.29) is 12.0 Å². The first kappa shape index (κ1) is 15.9. The maximum atomic E-state index is 13.0. The van der Waals surface area contributed by atoms with E-state index in [1.54, 1.807) is 11.2 Å². The highest BCUT2D eigenvalue weighted by molar-refractivity contribution is 7.83. The molecule has 0 radical (unpaired) electrons. The van der Waals surface area contributed by atoms with Crippen molar-refractivity contribution in [2.24, 2.45) is 0 Å². The second-order valence-corrected chi connectivity index (χ2v) is 7.20. The van der Waals surface area contributed by atoms with Gasteiger partial charge in [-0.1, -0.05) is 48.0 Å². The summed E-state index contributed by atoms with van der Waals surface area (Å²) in [7, 11) is -0.0599. The summed E-state index contributed by atoms with van der Waals surface area (Å²) >= 11 is 0. The average molecular weight is 329 g/mol. The summed E-state index contributed by atoms with van der Waals surface area (Å²) in [5.41, 5.74) is 1.15. The highest BCUT2D eigenvalue weighted by Gasteiger charge is 2.69. The maximum absolute atomic E-state index is 13.0. The number of carbonyl (C=O) groups is 1. The third-order valence-electron chi connectivity index (χ3n) is 4.27. The molecule has 0 bridgehead atoms. The van der Waals surface area contributed by atoms with Crippen LogP contribution in [0.1, 0.15) is 24.1 Å². The van der Waals surface area contributed by atoms with Gasteiger partial charge in [-0.05, 0) is 31.5 Å². The van der Waals surface area contributed by atoms with Crippen LogP contribution in [0, 0.1) is 6.92 Å². The Morgan fingerprint density at radius 2 is 1.74 bits per heavy atom. The van der Waals surface area contributed by atoms with Gasteiger partial charge in [0.05, 0.1) is 18.0 Å². The molecule has 120 valence electrons. The van der Waals surface area contributed by atoms with Crippen LogP contribution in [-0.2, 0) is 20.5 Å². The van der Waals surface area contributed by atoms with E-state index in [0.29, 0.717) is 4.90 Å². The summed E-state index contributed by atoms with van der Waals surface area (Å²) in [6.45, 7) is 3.76. The fraction of sp³-hybridized carbons (Fsp3) is 0.278. The minimum atomic E-state index is -1.42. The minimum absolute atomic E-state index is 0.252. The number of aryl methyl sites for hydroxylation is 1. The molecule has 0 spiro atoms. The van der Waals surface area contributed by atoms with Crippen LogP contribution in [0.3, 0.4) is 0 Å². The standard InChI is InChI=1S/C18H19NO3S/c1-13-9-11-15(12-10-13)23(21)19-16(14-7-5-4-6-8-14)18(19,2)17(20)22-3/h4-12,16H,1-3H3/t16-,18+,19?,23-/m0/s1. The van der Waals surface area contributed by atoms with Gasteiger partial charge in [-0.15, -0.1) is 0 Å². The van der Waals surface area contributed by atoms with Gasteiger partial charge in [-0.3, -0.25) is 0 Å². The van der Waals surface area contributed by atoms with Gasteiger partial charge in [0, 0.05) is 0 Å². The number of rotatable bonds is 4. The van der Waals surface area contributed by atoms with Crippen molar-refractivity contribution in [2.45, 2.75) is 30.3 Å². The van der Waals surface area contributed by atoms with E-state index in [1.807, 2.05) is 61.5 Å². The van der Waals surface area contributed by atoms with Crippen LogP contribution in [0.4, 0.5) is 0 Å². The Morgan fingerprint density at radius 1 is 1.13 bits per heavy atom. The molecule has 2 aromatic rings. The van der Waals surface area contributed by atoms with Crippen molar-refractivity contribution in [3.63, 3.8) is 0 Å². The van der Waals surface area contributed by atoms with E-state index in [9.17, 15) is 9.00 Å². The first-order chi connectivity index (χ1) is 11.0. The van der Waals surface area contributed by atoms with Crippen LogP contribution in [0.15, 0.2) is 59.5 Å². The van der Waals surface area contributed by atoms with Crippen LogP contribution in [0.25, 0.3) is 0 Å². The molecular weight excluding hydrogens is 310 g/mol. The molecule has 0 amide bonds. The lowest BCUT2D eigenvalue weighted by molar-refractivity contribution is -0.144. The Kier molecular flexibility index (Phi) is 4.08. The first-order valence-electron chi connectivity index (χ1n) is 7.41. The van der Waals surface area contributed by atoms with Crippen molar-refractivity contribution >= 4 is 17.0 Å². The van der Waals surface area contributed by atoms with E-state index < -0.39 is 16.5 Å². The van der Waals surface area contributed by atoms with Gasteiger partial charge in [-0.25, -0.2) is 9.00 Å². The highest BCUT2D eigenvalue weighted by Crippen LogP contribution is 2.55. The maximum Gasteiger partial charge on any atom is 0.329 e. The largest absolute Gasteiger partial charge is 0.468 e. The number of nitrogens with zero attached hydrogens (tertiary/aromatic N) is 1. The molecule has 1 unspecified atom stereocenters. The molecule has 3 rings (SSSR count). The Bertz CT molecular complexity index is 745. The highest BCUT2D eigenvalue weighted by atomic mass is 32.2. The predicted molar refractivity (Wildman–Crippen MR) is 89.0 cm³/mol. The Labute approximate surface area is 138 Å². The summed E-state index contributed by atoms with van der Waals surface area (Å²) in [5.74, 6) is -0.369. The molecular formula is C18H19NO3S. The number of carbonyl (C=O) groups excluding carboxylic acids is 1. The third-order valence-corrected chi connectivity index (χ3v) is 5.90. The van der Waals surface area contributed by atoms with Crippen molar-refractivity contribution in [2.75, 3.05) is 7.11 Å². The van der Waals surface area contributed by atoms with Crippen LogP contribution in [0.5, 0.6) is 0 Å². The number of hydrogen-bond donors (Lipinski definition) is 0. The molecule has 2 aromatic carbocycles. The van der Waals surface area contributed by atoms with Crippen molar-refractivity contribution in [1.82, 2.24) is 4.31 Å². The van der Waals surface area contributed by atoms with E-state index in [2.05, 4.69) is 0 Å². The molecule has 4 nitrogen and oxygen atoms in total. The normalized spacial score (nSPS) is 27.3. The van der Waals surface area contributed by atoms with E-state index in [0.717, 1.165) is 11.1 Å². The SMILES string of the molecule is COC(=O)[C@@]1(C)[C@H](c2ccccc2)N1[S@@](=O)c1ccc(C)cc1. The number of esters is 1. The first-order valence-corrected chi connectivity index (χ1v) is 8.52. The Hall–Kier alpha value is -1.98. The molecule has 1 aliphatic rings. The average Bonchev–Trinajstić information content (AvgIpc) is 3.22. The summed E-state index contributed by atoms with van der Waals surface area (Å²) < 4.78 is 19.6.